The van der Waals surface area contributed by atoms with Gasteiger partial charge in [0, 0.05) is 16.4 Å². The van der Waals surface area contributed by atoms with Gasteiger partial charge in [0.2, 0.25) is 18.6 Å². The molecule has 1 saturated heterocycles. The van der Waals surface area contributed by atoms with Crippen molar-refractivity contribution in [2.75, 3.05) is 11.7 Å². The van der Waals surface area contributed by atoms with Crippen molar-refractivity contribution in [3.8, 4) is 23.3 Å². The first-order valence-electron chi connectivity index (χ1n) is 13.8. The molecule has 0 spiro atoms. The van der Waals surface area contributed by atoms with E-state index in [-0.39, 0.29) is 6.79 Å². The summed E-state index contributed by atoms with van der Waals surface area (Å²) < 4.78 is 16.9. The summed E-state index contributed by atoms with van der Waals surface area (Å²) >= 11 is 1.36. The van der Waals surface area contributed by atoms with Crippen LogP contribution in [0.5, 0.6) is 17.2 Å². The summed E-state index contributed by atoms with van der Waals surface area (Å²) in [5.41, 5.74) is 4.52. The fourth-order valence-electron chi connectivity index (χ4n) is 7.14. The van der Waals surface area contributed by atoms with Crippen LogP contribution in [0.2, 0.25) is 0 Å². The molecule has 5 aliphatic rings. The number of carbonyl (C=O) groups excluding carboxylic acids is 3. The van der Waals surface area contributed by atoms with Gasteiger partial charge in [0.25, 0.3) is 0 Å². The Morgan fingerprint density at radius 1 is 0.951 bits per heavy atom. The molecule has 204 valence electrons. The van der Waals surface area contributed by atoms with Crippen LogP contribution in [0.1, 0.15) is 51.5 Å². The molecule has 2 aliphatic carbocycles. The number of anilines is 1. The summed E-state index contributed by atoms with van der Waals surface area (Å²) in [5, 5.41) is 10.5. The molecule has 2 aromatic carbocycles. The topological polar surface area (TPSA) is 106 Å². The number of imide groups is 1. The molecule has 4 heterocycles. The molecule has 3 aromatic rings. The van der Waals surface area contributed by atoms with Crippen LogP contribution in [0.4, 0.5) is 5.00 Å². The van der Waals surface area contributed by atoms with Gasteiger partial charge in [0.15, 0.2) is 11.5 Å². The number of nitriles is 1. The van der Waals surface area contributed by atoms with Crippen LogP contribution in [0.25, 0.3) is 5.57 Å². The van der Waals surface area contributed by atoms with Crippen molar-refractivity contribution in [2.45, 2.75) is 38.5 Å². The Balaban J connectivity index is 1.32. The van der Waals surface area contributed by atoms with Crippen molar-refractivity contribution in [3.05, 3.63) is 75.2 Å². The zero-order chi connectivity index (χ0) is 28.0. The highest BCUT2D eigenvalue weighted by Crippen LogP contribution is 2.56. The average Bonchev–Trinajstić information content (AvgIpc) is 3.66. The van der Waals surface area contributed by atoms with Crippen molar-refractivity contribution in [3.63, 3.8) is 0 Å². The summed E-state index contributed by atoms with van der Waals surface area (Å²) in [6, 6.07) is 13.5. The van der Waals surface area contributed by atoms with Gasteiger partial charge in [0.05, 0.1) is 23.3 Å². The van der Waals surface area contributed by atoms with Gasteiger partial charge in [-0.2, -0.15) is 5.26 Å². The highest BCUT2D eigenvalue weighted by molar-refractivity contribution is 7.17. The number of fused-ring (bicyclic) bond motifs is 7. The molecule has 0 unspecified atom stereocenters. The maximum absolute atomic E-state index is 14.4. The fourth-order valence-corrected chi connectivity index (χ4v) is 8.49. The van der Waals surface area contributed by atoms with Crippen LogP contribution in [-0.2, 0) is 27.2 Å². The smallest absolute Gasteiger partial charge is 0.319 e. The van der Waals surface area contributed by atoms with E-state index < -0.39 is 41.5 Å². The Morgan fingerprint density at radius 3 is 2.61 bits per heavy atom. The maximum Gasteiger partial charge on any atom is 0.319 e. The van der Waals surface area contributed by atoms with E-state index in [0.717, 1.165) is 52.8 Å². The SMILES string of the molecule is Cc1ccc2c(c1)OC(=O)[C@@H]1C2=C[C@H](c2ccc3c(c2)OCO3)[C@@H]2C(=O)N(c3sc4c(c3C#N)CCCC4)C(=O)[C@@H]12. The highest BCUT2D eigenvalue weighted by atomic mass is 32.1. The summed E-state index contributed by atoms with van der Waals surface area (Å²) in [5.74, 6) is -3.00. The first-order chi connectivity index (χ1) is 19.9. The molecule has 2 amide bonds. The molecule has 9 heteroatoms. The number of allylic oxidation sites excluding steroid dienone is 1. The molecule has 8 nitrogen and oxygen atoms in total. The van der Waals surface area contributed by atoms with Crippen molar-refractivity contribution < 1.29 is 28.6 Å². The number of thiophene rings is 1. The molecule has 3 aliphatic heterocycles. The van der Waals surface area contributed by atoms with Crippen LogP contribution in [0.15, 0.2) is 42.5 Å². The second-order valence-electron chi connectivity index (χ2n) is 11.2. The lowest BCUT2D eigenvalue weighted by atomic mass is 9.64. The Kier molecular flexibility index (Phi) is 5.23. The second-order valence-corrected chi connectivity index (χ2v) is 12.3. The first kappa shape index (κ1) is 24.4. The molecule has 1 fully saturated rings. The van der Waals surface area contributed by atoms with Gasteiger partial charge in [-0.15, -0.1) is 11.3 Å². The number of benzene rings is 2. The maximum atomic E-state index is 14.4. The van der Waals surface area contributed by atoms with Crippen molar-refractivity contribution in [2.24, 2.45) is 17.8 Å². The molecule has 1 aromatic heterocycles. The zero-order valence-electron chi connectivity index (χ0n) is 22.1. The summed E-state index contributed by atoms with van der Waals surface area (Å²) in [7, 11) is 0. The summed E-state index contributed by atoms with van der Waals surface area (Å²) in [4.78, 5) is 44.6. The molecule has 0 N–H and O–H groups in total. The zero-order valence-corrected chi connectivity index (χ0v) is 23.0. The second kappa shape index (κ2) is 8.79. The van der Waals surface area contributed by atoms with Crippen molar-refractivity contribution >= 4 is 39.7 Å². The van der Waals surface area contributed by atoms with Crippen LogP contribution in [-0.4, -0.2) is 24.6 Å². The van der Waals surface area contributed by atoms with Crippen LogP contribution < -0.4 is 19.1 Å². The van der Waals surface area contributed by atoms with E-state index in [1.54, 1.807) is 0 Å². The van der Waals surface area contributed by atoms with Crippen LogP contribution in [0.3, 0.4) is 0 Å². The normalized spacial score (nSPS) is 25.5. The number of rotatable bonds is 2. The third kappa shape index (κ3) is 3.40. The molecular weight excluding hydrogens is 540 g/mol. The van der Waals surface area contributed by atoms with Gasteiger partial charge in [-0.05, 0) is 73.1 Å². The van der Waals surface area contributed by atoms with Gasteiger partial charge in [-0.25, -0.2) is 4.90 Å². The van der Waals surface area contributed by atoms with Gasteiger partial charge in [0.1, 0.15) is 16.8 Å². The fraction of sp³-hybridized carbons (Fsp3) is 0.312. The van der Waals surface area contributed by atoms with E-state index in [0.29, 0.717) is 33.4 Å². The minimum Gasteiger partial charge on any atom is -0.454 e. The largest absolute Gasteiger partial charge is 0.454 e. The number of hydrogen-bond acceptors (Lipinski definition) is 8. The third-order valence-corrected chi connectivity index (χ3v) is 10.3. The number of ether oxygens (including phenoxy) is 3. The number of esters is 1. The van der Waals surface area contributed by atoms with Crippen molar-refractivity contribution in [1.29, 1.82) is 5.26 Å². The van der Waals surface area contributed by atoms with Crippen LogP contribution >= 0.6 is 11.3 Å². The van der Waals surface area contributed by atoms with Gasteiger partial charge >= 0.3 is 5.97 Å². The van der Waals surface area contributed by atoms with E-state index in [1.807, 2.05) is 49.4 Å². The predicted molar refractivity (Wildman–Crippen MR) is 149 cm³/mol. The predicted octanol–water partition coefficient (Wildman–Crippen LogP) is 5.06. The van der Waals surface area contributed by atoms with Crippen LogP contribution in [0, 0.1) is 36.0 Å². The standard InChI is InChI=1S/C32H24N2O6S/c1-15-6-8-17-20-12-19(16-7-9-22-24(11-16)39-14-38-22)26-28(27(20)32(37)40-23(17)10-15)30(36)34(29(26)35)31-21(13-33)18-4-2-3-5-25(18)41-31/h6-12,19,26-28H,2-5,14H2,1H3/t19-,26+,27-,28-/m1/s1. The lowest BCUT2D eigenvalue weighted by molar-refractivity contribution is -0.142. The average molecular weight is 565 g/mol. The Hall–Kier alpha value is -4.42. The Bertz CT molecular complexity index is 1780. The Labute approximate surface area is 239 Å². The molecule has 4 atom stereocenters. The molecule has 0 radical (unpaired) electrons. The lowest BCUT2D eigenvalue weighted by Crippen LogP contribution is -2.42. The van der Waals surface area contributed by atoms with E-state index in [9.17, 15) is 19.6 Å². The number of amides is 2. The lowest BCUT2D eigenvalue weighted by Gasteiger charge is -2.38. The third-order valence-electron chi connectivity index (χ3n) is 9.00. The number of carbonyl (C=O) groups is 3. The van der Waals surface area contributed by atoms with E-state index in [4.69, 9.17) is 14.2 Å². The quantitative estimate of drug-likeness (QED) is 0.243. The summed E-state index contributed by atoms with van der Waals surface area (Å²) in [6.07, 6.45) is 5.52. The molecular formula is C32H24N2O6S. The van der Waals surface area contributed by atoms with Crippen molar-refractivity contribution in [1.82, 2.24) is 0 Å². The van der Waals surface area contributed by atoms with Gasteiger partial charge < -0.3 is 14.2 Å². The minimum absolute atomic E-state index is 0.114. The van der Waals surface area contributed by atoms with E-state index in [2.05, 4.69) is 6.07 Å². The molecule has 8 rings (SSSR count). The molecule has 41 heavy (non-hydrogen) atoms. The monoisotopic (exact) mass is 564 g/mol. The summed E-state index contributed by atoms with van der Waals surface area (Å²) in [6.45, 7) is 2.04. The number of aryl methyl sites for hydroxylation is 2. The highest BCUT2D eigenvalue weighted by Gasteiger charge is 2.61. The molecule has 0 bridgehead atoms. The Morgan fingerprint density at radius 2 is 1.76 bits per heavy atom. The number of nitrogens with zero attached hydrogens (tertiary/aromatic N) is 2. The van der Waals surface area contributed by atoms with Gasteiger partial charge in [-0.3, -0.25) is 14.4 Å². The molecule has 0 saturated carbocycles. The number of hydrogen-bond donors (Lipinski definition) is 0. The first-order valence-corrected chi connectivity index (χ1v) is 14.6. The minimum atomic E-state index is -0.967. The van der Waals surface area contributed by atoms with Gasteiger partial charge in [-0.1, -0.05) is 24.3 Å². The van der Waals surface area contributed by atoms with E-state index in [1.165, 1.54) is 16.2 Å². The van der Waals surface area contributed by atoms with E-state index >= 15 is 0 Å².